The number of nitrogens with one attached hydrogen (secondary N) is 1. The van der Waals surface area contributed by atoms with Gasteiger partial charge in [0.15, 0.2) is 0 Å². The molecule has 1 aliphatic carbocycles. The second-order valence-corrected chi connectivity index (χ2v) is 5.20. The van der Waals surface area contributed by atoms with Crippen molar-refractivity contribution < 1.29 is 0 Å². The van der Waals surface area contributed by atoms with Crippen LogP contribution in [0.25, 0.3) is 11.0 Å². The van der Waals surface area contributed by atoms with E-state index in [9.17, 15) is 0 Å². The maximum atomic E-state index is 6.13. The number of nitrogens with zero attached hydrogens (tertiary/aromatic N) is 2. The third-order valence-electron chi connectivity index (χ3n) is 3.72. The number of aromatic nitrogens is 2. The Balaban J connectivity index is 1.83. The molecule has 5 N–H and O–H groups in total. The minimum absolute atomic E-state index is 0.206. The highest BCUT2D eigenvalue weighted by Crippen LogP contribution is 2.21. The largest absolute Gasteiger partial charge is 0.399 e. The van der Waals surface area contributed by atoms with Crippen molar-refractivity contribution in [1.29, 1.82) is 0 Å². The van der Waals surface area contributed by atoms with Crippen molar-refractivity contribution in [2.75, 3.05) is 11.1 Å². The van der Waals surface area contributed by atoms with Crippen LogP contribution in [0.3, 0.4) is 0 Å². The number of anilines is 2. The first-order chi connectivity index (χ1) is 9.22. The molecule has 5 nitrogen and oxygen atoms in total. The van der Waals surface area contributed by atoms with Crippen LogP contribution in [0.15, 0.2) is 24.4 Å². The van der Waals surface area contributed by atoms with Gasteiger partial charge < -0.3 is 16.8 Å². The molecule has 0 saturated heterocycles. The van der Waals surface area contributed by atoms with E-state index in [4.69, 9.17) is 11.5 Å². The van der Waals surface area contributed by atoms with Crippen molar-refractivity contribution in [2.45, 2.75) is 37.8 Å². The number of hydrogen-bond donors (Lipinski definition) is 3. The van der Waals surface area contributed by atoms with Gasteiger partial charge in [0.25, 0.3) is 0 Å². The molecule has 3 rings (SSSR count). The Hall–Kier alpha value is -1.88. The molecule has 100 valence electrons. The highest BCUT2D eigenvalue weighted by molar-refractivity contribution is 5.79. The van der Waals surface area contributed by atoms with Gasteiger partial charge in [0, 0.05) is 17.8 Å². The average molecular weight is 257 g/mol. The van der Waals surface area contributed by atoms with Crippen LogP contribution in [0.1, 0.15) is 25.7 Å². The summed E-state index contributed by atoms with van der Waals surface area (Å²) in [6.07, 6.45) is 6.38. The zero-order valence-electron chi connectivity index (χ0n) is 10.8. The summed E-state index contributed by atoms with van der Waals surface area (Å²) in [6, 6.07) is 6.07. The molecule has 2 unspecified atom stereocenters. The van der Waals surface area contributed by atoms with Crippen molar-refractivity contribution in [2.24, 2.45) is 5.73 Å². The summed E-state index contributed by atoms with van der Waals surface area (Å²) in [6.45, 7) is 0. The zero-order valence-corrected chi connectivity index (χ0v) is 10.8. The third kappa shape index (κ3) is 2.61. The smallest absolute Gasteiger partial charge is 0.145 e. The number of nitrogens with two attached hydrogens (primary N) is 2. The molecule has 1 heterocycles. The summed E-state index contributed by atoms with van der Waals surface area (Å²) < 4.78 is 0. The third-order valence-corrected chi connectivity index (χ3v) is 3.72. The second-order valence-electron chi connectivity index (χ2n) is 5.20. The van der Waals surface area contributed by atoms with Gasteiger partial charge in [-0.3, -0.25) is 4.98 Å². The molecule has 0 amide bonds. The van der Waals surface area contributed by atoms with Crippen LogP contribution in [0.4, 0.5) is 11.5 Å². The van der Waals surface area contributed by atoms with Gasteiger partial charge >= 0.3 is 0 Å². The Morgan fingerprint density at radius 2 is 2.00 bits per heavy atom. The predicted octanol–water partition coefficient (Wildman–Crippen LogP) is 1.89. The van der Waals surface area contributed by atoms with Gasteiger partial charge in [-0.05, 0) is 31.0 Å². The Morgan fingerprint density at radius 1 is 1.16 bits per heavy atom. The van der Waals surface area contributed by atoms with Crippen LogP contribution in [0.2, 0.25) is 0 Å². The fourth-order valence-electron chi connectivity index (χ4n) is 2.63. The van der Waals surface area contributed by atoms with E-state index in [1.54, 1.807) is 6.20 Å². The van der Waals surface area contributed by atoms with E-state index in [0.717, 1.165) is 29.7 Å². The Bertz CT molecular complexity index is 583. The van der Waals surface area contributed by atoms with E-state index >= 15 is 0 Å². The highest BCUT2D eigenvalue weighted by Gasteiger charge is 2.21. The summed E-state index contributed by atoms with van der Waals surface area (Å²) in [5.74, 6) is 0.791. The molecule has 1 saturated carbocycles. The van der Waals surface area contributed by atoms with Crippen molar-refractivity contribution in [3.8, 4) is 0 Å². The van der Waals surface area contributed by atoms with Gasteiger partial charge in [-0.15, -0.1) is 0 Å². The predicted molar refractivity (Wildman–Crippen MR) is 77.8 cm³/mol. The van der Waals surface area contributed by atoms with E-state index in [2.05, 4.69) is 15.3 Å². The molecule has 1 aromatic carbocycles. The van der Waals surface area contributed by atoms with Crippen LogP contribution < -0.4 is 16.8 Å². The minimum Gasteiger partial charge on any atom is -0.399 e. The summed E-state index contributed by atoms with van der Waals surface area (Å²) in [5, 5.41) is 3.41. The zero-order chi connectivity index (χ0) is 13.2. The molecule has 0 aliphatic heterocycles. The van der Waals surface area contributed by atoms with Gasteiger partial charge in [0.05, 0.1) is 17.2 Å². The lowest BCUT2D eigenvalue weighted by Crippen LogP contribution is -2.42. The molecule has 0 radical (unpaired) electrons. The second kappa shape index (κ2) is 5.01. The highest BCUT2D eigenvalue weighted by atomic mass is 15.1. The molecular formula is C14H19N5. The van der Waals surface area contributed by atoms with Crippen molar-refractivity contribution in [3.05, 3.63) is 24.4 Å². The Morgan fingerprint density at radius 3 is 2.84 bits per heavy atom. The molecule has 1 aliphatic rings. The van der Waals surface area contributed by atoms with Crippen LogP contribution in [0.5, 0.6) is 0 Å². The first-order valence-corrected chi connectivity index (χ1v) is 6.77. The maximum absolute atomic E-state index is 6.13. The number of rotatable bonds is 2. The van der Waals surface area contributed by atoms with Gasteiger partial charge in [-0.2, -0.15) is 0 Å². The fourth-order valence-corrected chi connectivity index (χ4v) is 2.63. The van der Waals surface area contributed by atoms with Crippen LogP contribution in [0, 0.1) is 0 Å². The monoisotopic (exact) mass is 257 g/mol. The van der Waals surface area contributed by atoms with E-state index < -0.39 is 0 Å². The van der Waals surface area contributed by atoms with Crippen LogP contribution >= 0.6 is 0 Å². The summed E-state index contributed by atoms with van der Waals surface area (Å²) in [4.78, 5) is 8.95. The molecule has 0 spiro atoms. The molecule has 2 aromatic rings. The lowest BCUT2D eigenvalue weighted by molar-refractivity contribution is 0.403. The lowest BCUT2D eigenvalue weighted by Gasteiger charge is -2.29. The number of fused-ring (bicyclic) bond motifs is 1. The van der Waals surface area contributed by atoms with E-state index in [-0.39, 0.29) is 6.04 Å². The number of hydrogen-bond acceptors (Lipinski definition) is 5. The maximum Gasteiger partial charge on any atom is 0.145 e. The molecule has 1 aromatic heterocycles. The summed E-state index contributed by atoms with van der Waals surface area (Å²) in [5.41, 5.74) is 14.2. The van der Waals surface area contributed by atoms with Crippen LogP contribution in [-0.4, -0.2) is 22.1 Å². The topological polar surface area (TPSA) is 89.8 Å². The van der Waals surface area contributed by atoms with E-state index in [1.165, 1.54) is 12.8 Å². The van der Waals surface area contributed by atoms with Gasteiger partial charge in [0.1, 0.15) is 5.82 Å². The van der Waals surface area contributed by atoms with E-state index in [1.807, 2.05) is 18.2 Å². The number of benzene rings is 1. The standard InChI is InChI=1S/C14H19N5/c15-9-5-6-12-13(7-9)17-8-14(19-12)18-11-4-2-1-3-10(11)16/h5-8,10-11H,1-4,15-16H2,(H,18,19). The van der Waals surface area contributed by atoms with Gasteiger partial charge in [-0.1, -0.05) is 12.8 Å². The quantitative estimate of drug-likeness (QED) is 0.715. The van der Waals surface area contributed by atoms with Crippen LogP contribution in [-0.2, 0) is 0 Å². The first-order valence-electron chi connectivity index (χ1n) is 6.77. The molecular weight excluding hydrogens is 238 g/mol. The Labute approximate surface area is 112 Å². The fraction of sp³-hybridized carbons (Fsp3) is 0.429. The van der Waals surface area contributed by atoms with Crippen molar-refractivity contribution in [3.63, 3.8) is 0 Å². The Kier molecular flexibility index (Phi) is 3.21. The van der Waals surface area contributed by atoms with Gasteiger partial charge in [-0.25, -0.2) is 4.98 Å². The SMILES string of the molecule is Nc1ccc2nc(NC3CCCCC3N)cnc2c1. The molecule has 5 heteroatoms. The first kappa shape index (κ1) is 12.2. The molecule has 19 heavy (non-hydrogen) atoms. The summed E-state index contributed by atoms with van der Waals surface area (Å²) in [7, 11) is 0. The van der Waals surface area contributed by atoms with Crippen molar-refractivity contribution in [1.82, 2.24) is 9.97 Å². The molecule has 1 fully saturated rings. The van der Waals surface area contributed by atoms with Crippen molar-refractivity contribution >= 4 is 22.5 Å². The minimum atomic E-state index is 0.206. The molecule has 0 bridgehead atoms. The molecule has 2 atom stereocenters. The average Bonchev–Trinajstić information content (AvgIpc) is 2.41. The number of nitrogen functional groups attached to an aromatic ring is 1. The van der Waals surface area contributed by atoms with Gasteiger partial charge in [0.2, 0.25) is 0 Å². The summed E-state index contributed by atoms with van der Waals surface area (Å²) >= 11 is 0. The lowest BCUT2D eigenvalue weighted by atomic mass is 9.91. The normalized spacial score (nSPS) is 23.4. The van der Waals surface area contributed by atoms with E-state index in [0.29, 0.717) is 11.7 Å².